The Bertz CT molecular complexity index is 1050. The Morgan fingerprint density at radius 2 is 1.15 bits per heavy atom. The van der Waals surface area contributed by atoms with E-state index in [1.165, 1.54) is 104 Å². The topological polar surface area (TPSA) is 27.7 Å². The first-order valence-corrected chi connectivity index (χ1v) is 18.9. The fraction of sp³-hybridized carbons (Fsp3) is 0.625. The second-order valence-electron chi connectivity index (χ2n) is 11.0. The fourth-order valence-electron chi connectivity index (χ4n) is 6.44. The summed E-state index contributed by atoms with van der Waals surface area (Å²) in [5.41, 5.74) is 5.44. The van der Waals surface area contributed by atoms with Crippen LogP contribution in [0.4, 0.5) is 0 Å². The predicted octanol–water partition coefficient (Wildman–Crippen LogP) is 10.8. The number of fused-ring (bicyclic) bond motifs is 3. The average molecular weight is 748 g/mol. The van der Waals surface area contributed by atoms with E-state index in [-0.39, 0.29) is 5.41 Å². The lowest BCUT2D eigenvalue weighted by Crippen LogP contribution is -2.54. The molecule has 0 saturated carbocycles. The quantitative estimate of drug-likeness (QED) is 0.0864. The van der Waals surface area contributed by atoms with E-state index in [4.69, 9.17) is 13.3 Å². The van der Waals surface area contributed by atoms with Crippen LogP contribution in [0, 0.1) is 0 Å². The standard InChI is InChI=1S/C32H47Br3O3Si/c1-6-8-10-12-14-16-20-32(21-17-15-13-11-9-7-2)27-22-24(39(36-3,37-4)38-5)18-19-25(27)26-23-28(33)30(34)31(35)29(26)32/h18-19,22-23H,6-17,20-21H2,1-5H3. The summed E-state index contributed by atoms with van der Waals surface area (Å²) < 4.78 is 21.1. The summed E-state index contributed by atoms with van der Waals surface area (Å²) in [4.78, 5) is 0. The van der Waals surface area contributed by atoms with Crippen molar-refractivity contribution in [1.82, 2.24) is 0 Å². The van der Waals surface area contributed by atoms with Gasteiger partial charge in [-0.15, -0.1) is 0 Å². The molecule has 3 rings (SSSR count). The van der Waals surface area contributed by atoms with Crippen LogP contribution in [0.5, 0.6) is 0 Å². The van der Waals surface area contributed by atoms with Crippen LogP contribution in [0.15, 0.2) is 37.7 Å². The number of hydrogen-bond acceptors (Lipinski definition) is 3. The van der Waals surface area contributed by atoms with Gasteiger partial charge in [0.05, 0.1) is 0 Å². The summed E-state index contributed by atoms with van der Waals surface area (Å²) in [6, 6.07) is 9.10. The van der Waals surface area contributed by atoms with Gasteiger partial charge < -0.3 is 13.3 Å². The summed E-state index contributed by atoms with van der Waals surface area (Å²) in [7, 11) is 2.13. The van der Waals surface area contributed by atoms with Gasteiger partial charge in [0.2, 0.25) is 0 Å². The maximum absolute atomic E-state index is 5.93. The Balaban J connectivity index is 2.11. The van der Waals surface area contributed by atoms with E-state index >= 15 is 0 Å². The lowest BCUT2D eigenvalue weighted by Gasteiger charge is -2.35. The lowest BCUT2D eigenvalue weighted by molar-refractivity contribution is 0.140. The molecule has 0 bridgehead atoms. The SMILES string of the molecule is CCCCCCCCC1(CCCCCCCC)c2cc([Si](OC)(OC)OC)ccc2-c2cc(Br)c(Br)c(Br)c21. The summed E-state index contributed by atoms with van der Waals surface area (Å²) in [6.07, 6.45) is 17.9. The molecule has 7 heteroatoms. The number of unbranched alkanes of at least 4 members (excludes halogenated alkanes) is 10. The molecule has 0 heterocycles. The van der Waals surface area contributed by atoms with Crippen molar-refractivity contribution in [3.63, 3.8) is 0 Å². The molecular weight excluding hydrogens is 700 g/mol. The van der Waals surface area contributed by atoms with Crippen molar-refractivity contribution in [1.29, 1.82) is 0 Å². The molecule has 3 nitrogen and oxygen atoms in total. The van der Waals surface area contributed by atoms with Gasteiger partial charge in [0.15, 0.2) is 0 Å². The van der Waals surface area contributed by atoms with Crippen LogP contribution in [-0.4, -0.2) is 30.1 Å². The molecule has 0 aromatic heterocycles. The van der Waals surface area contributed by atoms with Crippen molar-refractivity contribution in [3.8, 4) is 11.1 Å². The van der Waals surface area contributed by atoms with E-state index in [0.29, 0.717) is 0 Å². The first-order chi connectivity index (χ1) is 18.9. The molecule has 0 atom stereocenters. The molecule has 0 saturated heterocycles. The molecule has 0 N–H and O–H groups in total. The molecule has 218 valence electrons. The highest BCUT2D eigenvalue weighted by Gasteiger charge is 2.47. The van der Waals surface area contributed by atoms with Crippen LogP contribution in [0.2, 0.25) is 0 Å². The molecule has 0 fully saturated rings. The van der Waals surface area contributed by atoms with Gasteiger partial charge in [0, 0.05) is 45.3 Å². The third kappa shape index (κ3) is 7.31. The van der Waals surface area contributed by atoms with Gasteiger partial charge in [-0.2, -0.15) is 0 Å². The zero-order valence-corrected chi connectivity index (χ0v) is 30.3. The van der Waals surface area contributed by atoms with E-state index in [9.17, 15) is 0 Å². The molecule has 2 aromatic carbocycles. The second-order valence-corrected chi connectivity index (χ2v) is 16.3. The second kappa shape index (κ2) is 16.0. The minimum Gasteiger partial charge on any atom is -0.373 e. The molecule has 1 aliphatic rings. The number of benzene rings is 2. The smallest absolute Gasteiger partial charge is 0.373 e. The van der Waals surface area contributed by atoms with E-state index < -0.39 is 8.80 Å². The van der Waals surface area contributed by atoms with Gasteiger partial charge in [0.1, 0.15) is 0 Å². The van der Waals surface area contributed by atoms with E-state index in [0.717, 1.165) is 27.0 Å². The molecule has 0 unspecified atom stereocenters. The third-order valence-electron chi connectivity index (χ3n) is 8.54. The Morgan fingerprint density at radius 1 is 0.641 bits per heavy atom. The largest absolute Gasteiger partial charge is 0.536 e. The molecule has 0 radical (unpaired) electrons. The first-order valence-electron chi connectivity index (χ1n) is 14.8. The highest BCUT2D eigenvalue weighted by molar-refractivity contribution is 9.14. The molecular formula is C32H47Br3O3Si. The van der Waals surface area contributed by atoms with Gasteiger partial charge in [-0.05, 0) is 89.0 Å². The van der Waals surface area contributed by atoms with Crippen molar-refractivity contribution in [3.05, 3.63) is 48.8 Å². The summed E-state index contributed by atoms with van der Waals surface area (Å²) in [6.45, 7) is 4.58. The van der Waals surface area contributed by atoms with E-state index in [1.54, 1.807) is 21.3 Å². The van der Waals surface area contributed by atoms with Crippen molar-refractivity contribution >= 4 is 61.8 Å². The average Bonchev–Trinajstić information content (AvgIpc) is 3.21. The summed E-state index contributed by atoms with van der Waals surface area (Å²) in [5, 5.41) is 1.03. The van der Waals surface area contributed by atoms with Crippen LogP contribution in [0.25, 0.3) is 11.1 Å². The van der Waals surface area contributed by atoms with Crippen molar-refractivity contribution in [2.24, 2.45) is 0 Å². The van der Waals surface area contributed by atoms with Gasteiger partial charge in [0.25, 0.3) is 0 Å². The van der Waals surface area contributed by atoms with Crippen LogP contribution < -0.4 is 5.19 Å². The molecule has 0 amide bonds. The zero-order chi connectivity index (χ0) is 28.5. The number of hydrogen-bond donors (Lipinski definition) is 0. The van der Waals surface area contributed by atoms with Crippen molar-refractivity contribution < 1.29 is 13.3 Å². The Morgan fingerprint density at radius 3 is 1.67 bits per heavy atom. The van der Waals surface area contributed by atoms with Crippen LogP contribution >= 0.6 is 47.8 Å². The minimum absolute atomic E-state index is 0.0619. The van der Waals surface area contributed by atoms with Gasteiger partial charge in [-0.25, -0.2) is 0 Å². The fourth-order valence-corrected chi connectivity index (χ4v) is 10.1. The van der Waals surface area contributed by atoms with Crippen LogP contribution in [0.1, 0.15) is 115 Å². The zero-order valence-electron chi connectivity index (χ0n) is 24.6. The Hall–Kier alpha value is -0.0231. The molecule has 39 heavy (non-hydrogen) atoms. The highest BCUT2D eigenvalue weighted by atomic mass is 79.9. The lowest BCUT2D eigenvalue weighted by atomic mass is 9.70. The number of rotatable bonds is 18. The monoisotopic (exact) mass is 744 g/mol. The van der Waals surface area contributed by atoms with E-state index in [2.05, 4.69) is 85.9 Å². The van der Waals surface area contributed by atoms with Crippen molar-refractivity contribution in [2.75, 3.05) is 21.3 Å². The third-order valence-corrected chi connectivity index (χ3v) is 14.5. The summed E-state index contributed by atoms with van der Waals surface area (Å²) >= 11 is 11.8. The minimum atomic E-state index is -2.97. The van der Waals surface area contributed by atoms with Gasteiger partial charge >= 0.3 is 8.80 Å². The van der Waals surface area contributed by atoms with Gasteiger partial charge in [-0.3, -0.25) is 0 Å². The molecule has 0 aliphatic heterocycles. The number of halogens is 3. The first kappa shape index (κ1) is 33.5. The molecule has 1 aliphatic carbocycles. The van der Waals surface area contributed by atoms with Crippen LogP contribution in [-0.2, 0) is 18.7 Å². The van der Waals surface area contributed by atoms with E-state index in [1.807, 2.05) is 0 Å². The molecule has 2 aromatic rings. The van der Waals surface area contributed by atoms with Crippen LogP contribution in [0.3, 0.4) is 0 Å². The predicted molar refractivity (Wildman–Crippen MR) is 178 cm³/mol. The summed E-state index contributed by atoms with van der Waals surface area (Å²) in [5.74, 6) is 0. The maximum atomic E-state index is 5.93. The molecule has 0 spiro atoms. The highest BCUT2D eigenvalue weighted by Crippen LogP contribution is 2.58. The van der Waals surface area contributed by atoms with Crippen molar-refractivity contribution in [2.45, 2.75) is 109 Å². The normalized spacial score (nSPS) is 14.1. The van der Waals surface area contributed by atoms with Gasteiger partial charge in [-0.1, -0.05) is 109 Å². The Labute approximate surface area is 263 Å². The Kier molecular flexibility index (Phi) is 13.7. The maximum Gasteiger partial charge on any atom is 0.536 e.